The summed E-state index contributed by atoms with van der Waals surface area (Å²) in [5.74, 6) is 0. The number of hydrogen-bond acceptors (Lipinski definition) is 2. The Balaban J connectivity index is 2.87. The van der Waals surface area contributed by atoms with E-state index >= 15 is 0 Å². The molecule has 1 aromatic heterocycles. The highest BCUT2D eigenvalue weighted by molar-refractivity contribution is 9.10. The molecule has 0 fully saturated rings. The number of benzene rings is 1. The van der Waals surface area contributed by atoms with Crippen LogP contribution in [0.15, 0.2) is 27.5 Å². The molecule has 4 heteroatoms. The number of hydrogen-bond donors (Lipinski definition) is 1. The Morgan fingerprint density at radius 2 is 2.29 bits per heavy atom. The zero-order valence-electron chi connectivity index (χ0n) is 7.67. The lowest BCUT2D eigenvalue weighted by Gasteiger charge is -2.02. The Morgan fingerprint density at radius 3 is 3.00 bits per heavy atom. The molecule has 0 bridgehead atoms. The zero-order valence-corrected chi connectivity index (χ0v) is 9.26. The third kappa shape index (κ3) is 1.57. The number of nitrogens with one attached hydrogen (secondary N) is 1. The van der Waals surface area contributed by atoms with Crippen molar-refractivity contribution in [3.8, 4) is 0 Å². The molecular weight excluding hydrogens is 244 g/mol. The Morgan fingerprint density at radius 1 is 1.50 bits per heavy atom. The molecule has 0 saturated carbocycles. The molecule has 0 atom stereocenters. The standard InChI is InChI=1S/C10H9BrN2O/c1-2-8-7-4-3-6(11)5-9(7)13-10(14)12-8/h3-5H,2H2,1H3,(H,12,13,14). The van der Waals surface area contributed by atoms with Gasteiger partial charge in [-0.05, 0) is 24.6 Å². The summed E-state index contributed by atoms with van der Waals surface area (Å²) in [5.41, 5.74) is 1.39. The number of nitrogens with zero attached hydrogens (tertiary/aromatic N) is 1. The summed E-state index contributed by atoms with van der Waals surface area (Å²) in [7, 11) is 0. The van der Waals surface area contributed by atoms with Crippen molar-refractivity contribution in [3.63, 3.8) is 0 Å². The molecule has 1 aromatic carbocycles. The third-order valence-corrected chi connectivity index (χ3v) is 2.61. The van der Waals surface area contributed by atoms with E-state index < -0.39 is 0 Å². The van der Waals surface area contributed by atoms with Gasteiger partial charge < -0.3 is 4.98 Å². The molecule has 72 valence electrons. The molecule has 2 aromatic rings. The van der Waals surface area contributed by atoms with Crippen molar-refractivity contribution in [2.24, 2.45) is 0 Å². The molecule has 1 heterocycles. The average molecular weight is 253 g/mol. The van der Waals surface area contributed by atoms with Crippen molar-refractivity contribution >= 4 is 26.8 Å². The molecular formula is C10H9BrN2O. The maximum atomic E-state index is 11.2. The molecule has 0 radical (unpaired) electrons. The fraction of sp³-hybridized carbons (Fsp3) is 0.200. The molecule has 0 spiro atoms. The smallest absolute Gasteiger partial charge is 0.309 e. The fourth-order valence-electron chi connectivity index (χ4n) is 1.47. The van der Waals surface area contributed by atoms with E-state index in [4.69, 9.17) is 0 Å². The van der Waals surface area contributed by atoms with Gasteiger partial charge in [-0.15, -0.1) is 0 Å². The first-order valence-corrected chi connectivity index (χ1v) is 5.18. The van der Waals surface area contributed by atoms with E-state index in [1.54, 1.807) is 0 Å². The summed E-state index contributed by atoms with van der Waals surface area (Å²) < 4.78 is 0.935. The topological polar surface area (TPSA) is 45.8 Å². The first-order chi connectivity index (χ1) is 6.70. The van der Waals surface area contributed by atoms with Gasteiger partial charge in [0.15, 0.2) is 0 Å². The predicted molar refractivity (Wildman–Crippen MR) is 59.4 cm³/mol. The van der Waals surface area contributed by atoms with Crippen LogP contribution >= 0.6 is 15.9 Å². The fourth-order valence-corrected chi connectivity index (χ4v) is 1.81. The highest BCUT2D eigenvalue weighted by atomic mass is 79.9. The summed E-state index contributed by atoms with van der Waals surface area (Å²) in [6.07, 6.45) is 0.801. The van der Waals surface area contributed by atoms with Gasteiger partial charge in [-0.2, -0.15) is 4.98 Å². The van der Waals surface area contributed by atoms with E-state index in [1.165, 1.54) is 0 Å². The van der Waals surface area contributed by atoms with Gasteiger partial charge in [0.25, 0.3) is 0 Å². The van der Waals surface area contributed by atoms with Crippen molar-refractivity contribution < 1.29 is 0 Å². The van der Waals surface area contributed by atoms with Crippen LogP contribution in [0.25, 0.3) is 10.9 Å². The van der Waals surface area contributed by atoms with E-state index in [0.717, 1.165) is 27.5 Å². The molecule has 2 rings (SSSR count). The predicted octanol–water partition coefficient (Wildman–Crippen LogP) is 2.25. The number of aryl methyl sites for hydroxylation is 1. The van der Waals surface area contributed by atoms with Gasteiger partial charge in [0, 0.05) is 15.6 Å². The average Bonchev–Trinajstić information content (AvgIpc) is 2.15. The number of fused-ring (bicyclic) bond motifs is 1. The minimum Gasteiger partial charge on any atom is -0.309 e. The summed E-state index contributed by atoms with van der Waals surface area (Å²) in [5, 5.41) is 1.01. The summed E-state index contributed by atoms with van der Waals surface area (Å²) in [6.45, 7) is 2.01. The van der Waals surface area contributed by atoms with E-state index in [2.05, 4.69) is 25.9 Å². The minimum atomic E-state index is -0.285. The van der Waals surface area contributed by atoms with Gasteiger partial charge in [0.1, 0.15) is 0 Å². The summed E-state index contributed by atoms with van der Waals surface area (Å²) >= 11 is 3.35. The van der Waals surface area contributed by atoms with Gasteiger partial charge in [0.2, 0.25) is 0 Å². The van der Waals surface area contributed by atoms with E-state index in [-0.39, 0.29) is 5.69 Å². The minimum absolute atomic E-state index is 0.285. The number of aromatic nitrogens is 2. The van der Waals surface area contributed by atoms with Gasteiger partial charge in [0.05, 0.1) is 5.52 Å². The molecule has 0 amide bonds. The molecule has 0 aliphatic heterocycles. The molecule has 0 aliphatic carbocycles. The monoisotopic (exact) mass is 252 g/mol. The summed E-state index contributed by atoms with van der Waals surface area (Å²) in [4.78, 5) is 17.8. The third-order valence-electron chi connectivity index (χ3n) is 2.12. The second-order valence-corrected chi connectivity index (χ2v) is 3.95. The zero-order chi connectivity index (χ0) is 10.1. The highest BCUT2D eigenvalue weighted by Gasteiger charge is 2.02. The van der Waals surface area contributed by atoms with Crippen molar-refractivity contribution in [1.82, 2.24) is 9.97 Å². The Labute approximate surface area is 89.3 Å². The maximum Gasteiger partial charge on any atom is 0.345 e. The number of H-pyrrole nitrogens is 1. The molecule has 3 nitrogen and oxygen atoms in total. The molecule has 0 saturated heterocycles. The Kier molecular flexibility index (Phi) is 2.37. The number of aromatic amines is 1. The van der Waals surface area contributed by atoms with Crippen molar-refractivity contribution in [3.05, 3.63) is 38.9 Å². The van der Waals surface area contributed by atoms with Crippen LogP contribution in [0, 0.1) is 0 Å². The van der Waals surface area contributed by atoms with E-state index in [0.29, 0.717) is 0 Å². The first-order valence-electron chi connectivity index (χ1n) is 4.39. The molecule has 0 aliphatic rings. The largest absolute Gasteiger partial charge is 0.345 e. The van der Waals surface area contributed by atoms with Gasteiger partial charge in [-0.1, -0.05) is 22.9 Å². The molecule has 1 N–H and O–H groups in total. The lowest BCUT2D eigenvalue weighted by atomic mass is 10.1. The normalized spacial score (nSPS) is 10.7. The number of halogens is 1. The second kappa shape index (κ2) is 3.53. The van der Waals surface area contributed by atoms with E-state index in [1.807, 2.05) is 25.1 Å². The van der Waals surface area contributed by atoms with Crippen LogP contribution in [0.1, 0.15) is 12.6 Å². The van der Waals surface area contributed by atoms with Crippen LogP contribution in [-0.2, 0) is 6.42 Å². The lowest BCUT2D eigenvalue weighted by molar-refractivity contribution is 0.989. The van der Waals surface area contributed by atoms with Gasteiger partial charge >= 0.3 is 5.69 Å². The van der Waals surface area contributed by atoms with Crippen LogP contribution in [0.5, 0.6) is 0 Å². The van der Waals surface area contributed by atoms with Crippen LogP contribution in [-0.4, -0.2) is 9.97 Å². The maximum absolute atomic E-state index is 11.2. The highest BCUT2D eigenvalue weighted by Crippen LogP contribution is 2.18. The number of rotatable bonds is 1. The van der Waals surface area contributed by atoms with Crippen molar-refractivity contribution in [2.45, 2.75) is 13.3 Å². The molecule has 14 heavy (non-hydrogen) atoms. The molecule has 0 unspecified atom stereocenters. The Hall–Kier alpha value is -1.16. The van der Waals surface area contributed by atoms with Crippen molar-refractivity contribution in [1.29, 1.82) is 0 Å². The van der Waals surface area contributed by atoms with Gasteiger partial charge in [-0.3, -0.25) is 0 Å². The quantitative estimate of drug-likeness (QED) is 0.847. The van der Waals surface area contributed by atoms with Gasteiger partial charge in [-0.25, -0.2) is 4.79 Å². The van der Waals surface area contributed by atoms with Crippen LogP contribution in [0.3, 0.4) is 0 Å². The van der Waals surface area contributed by atoms with Crippen molar-refractivity contribution in [2.75, 3.05) is 0 Å². The van der Waals surface area contributed by atoms with Crippen LogP contribution in [0.4, 0.5) is 0 Å². The van der Waals surface area contributed by atoms with E-state index in [9.17, 15) is 4.79 Å². The van der Waals surface area contributed by atoms with Crippen LogP contribution in [0.2, 0.25) is 0 Å². The SMILES string of the molecule is CCc1[nH]c(=O)nc2cc(Br)ccc12. The lowest BCUT2D eigenvalue weighted by Crippen LogP contribution is -2.12. The Bertz CT molecular complexity index is 533. The van der Waals surface area contributed by atoms with Crippen LogP contribution < -0.4 is 5.69 Å². The summed E-state index contributed by atoms with van der Waals surface area (Å²) in [6, 6.07) is 5.76. The second-order valence-electron chi connectivity index (χ2n) is 3.04. The first kappa shape index (κ1) is 9.40.